The van der Waals surface area contributed by atoms with E-state index in [1.54, 1.807) is 36.6 Å². The number of rotatable bonds is 6. The van der Waals surface area contributed by atoms with E-state index in [1.807, 2.05) is 22.6 Å². The zero-order valence-corrected chi connectivity index (χ0v) is 15.4. The number of nitrogens with zero attached hydrogens (tertiary/aromatic N) is 6. The van der Waals surface area contributed by atoms with Crippen LogP contribution in [0.25, 0.3) is 0 Å². The average Bonchev–Trinajstić information content (AvgIpc) is 3.05. The number of carbonyl (C=O) groups excluding carboxylic acids is 1. The fourth-order valence-corrected chi connectivity index (χ4v) is 3.42. The van der Waals surface area contributed by atoms with Gasteiger partial charge in [-0.1, -0.05) is 0 Å². The molecular formula is C18H26N6O2. The number of hydrogen-bond acceptors (Lipinski definition) is 6. The van der Waals surface area contributed by atoms with Crippen LogP contribution in [0.2, 0.25) is 0 Å². The Morgan fingerprint density at radius 2 is 2.12 bits per heavy atom. The normalized spacial score (nSPS) is 20.2. The highest BCUT2D eigenvalue weighted by Crippen LogP contribution is 2.24. The van der Waals surface area contributed by atoms with Crippen LogP contribution in [-0.4, -0.2) is 67.9 Å². The van der Waals surface area contributed by atoms with E-state index >= 15 is 0 Å². The molecule has 2 aromatic rings. The van der Waals surface area contributed by atoms with Gasteiger partial charge in [-0.15, -0.1) is 0 Å². The first-order chi connectivity index (χ1) is 12.5. The summed E-state index contributed by atoms with van der Waals surface area (Å²) in [6.07, 6.45) is 6.98. The number of piperidine rings is 1. The van der Waals surface area contributed by atoms with Crippen LogP contribution < -0.4 is 4.90 Å². The van der Waals surface area contributed by atoms with Crippen LogP contribution in [0.5, 0.6) is 0 Å². The molecule has 1 saturated heterocycles. The number of aromatic nitrogens is 4. The number of amides is 1. The van der Waals surface area contributed by atoms with E-state index < -0.39 is 5.60 Å². The molecular weight excluding hydrogens is 332 g/mol. The van der Waals surface area contributed by atoms with Gasteiger partial charge in [0.05, 0.1) is 18.7 Å². The molecule has 140 valence electrons. The van der Waals surface area contributed by atoms with Gasteiger partial charge in [-0.05, 0) is 31.9 Å². The topological polar surface area (TPSA) is 87.4 Å². The second kappa shape index (κ2) is 7.82. The summed E-state index contributed by atoms with van der Waals surface area (Å²) in [5.41, 5.74) is 0.0774. The van der Waals surface area contributed by atoms with Crippen LogP contribution in [0.4, 0.5) is 5.95 Å². The van der Waals surface area contributed by atoms with Gasteiger partial charge >= 0.3 is 0 Å². The summed E-state index contributed by atoms with van der Waals surface area (Å²) in [5, 5.41) is 15.2. The lowest BCUT2D eigenvalue weighted by Crippen LogP contribution is -2.55. The van der Waals surface area contributed by atoms with Gasteiger partial charge < -0.3 is 14.9 Å². The number of aryl methyl sites for hydroxylation is 2. The lowest BCUT2D eigenvalue weighted by Gasteiger charge is -2.41. The van der Waals surface area contributed by atoms with Gasteiger partial charge in [0.25, 0.3) is 0 Å². The molecule has 0 radical (unpaired) electrons. The first-order valence-electron chi connectivity index (χ1n) is 8.94. The molecule has 1 aliphatic rings. The molecule has 1 N–H and O–H groups in total. The molecule has 1 aliphatic heterocycles. The molecule has 1 fully saturated rings. The minimum atomic E-state index is -0.955. The molecule has 1 atom stereocenters. The van der Waals surface area contributed by atoms with Crippen LogP contribution in [0.3, 0.4) is 0 Å². The van der Waals surface area contributed by atoms with Crippen molar-refractivity contribution in [2.75, 3.05) is 31.6 Å². The highest BCUT2D eigenvalue weighted by Gasteiger charge is 2.36. The van der Waals surface area contributed by atoms with Crippen LogP contribution in [-0.2, 0) is 11.3 Å². The molecule has 2 aromatic heterocycles. The van der Waals surface area contributed by atoms with Crippen molar-refractivity contribution in [2.45, 2.75) is 38.3 Å². The molecule has 0 aliphatic carbocycles. The molecule has 8 heteroatoms. The Bertz CT molecular complexity index is 734. The number of likely N-dealkylation sites (N-methyl/N-ethyl adjacent to an activating group) is 1. The Balaban J connectivity index is 1.56. The predicted octanol–water partition coefficient (Wildman–Crippen LogP) is 0.862. The van der Waals surface area contributed by atoms with Crippen molar-refractivity contribution in [1.82, 2.24) is 24.6 Å². The van der Waals surface area contributed by atoms with Crippen molar-refractivity contribution in [3.8, 4) is 0 Å². The maximum Gasteiger partial charge on any atom is 0.225 e. The highest BCUT2D eigenvalue weighted by molar-refractivity contribution is 5.75. The summed E-state index contributed by atoms with van der Waals surface area (Å²) in [5.74, 6) is 0.621. The fraction of sp³-hybridized carbons (Fsp3) is 0.556. The second-order valence-corrected chi connectivity index (χ2v) is 6.99. The third-order valence-corrected chi connectivity index (χ3v) is 4.81. The summed E-state index contributed by atoms with van der Waals surface area (Å²) in [6, 6.07) is 3.69. The van der Waals surface area contributed by atoms with Crippen LogP contribution in [0.15, 0.2) is 30.7 Å². The van der Waals surface area contributed by atoms with E-state index in [2.05, 4.69) is 15.1 Å². The Kier molecular flexibility index (Phi) is 5.51. The standard InChI is InChI=1S/C18H26N6O2/c1-15-5-10-21-24(15)12-6-16(25)22(2)13-18(26)7-3-11-23(14-18)17-19-8-4-9-20-17/h4-5,8-10,26H,3,6-7,11-14H2,1-2H3/t18-/m1/s1. The van der Waals surface area contributed by atoms with Gasteiger partial charge in [0, 0.05) is 50.8 Å². The summed E-state index contributed by atoms with van der Waals surface area (Å²) >= 11 is 0. The van der Waals surface area contributed by atoms with Crippen molar-refractivity contribution in [1.29, 1.82) is 0 Å². The van der Waals surface area contributed by atoms with Gasteiger partial charge in [-0.3, -0.25) is 9.48 Å². The van der Waals surface area contributed by atoms with Gasteiger partial charge in [0.1, 0.15) is 0 Å². The van der Waals surface area contributed by atoms with Gasteiger partial charge in [0.15, 0.2) is 0 Å². The molecule has 1 amide bonds. The Hall–Kier alpha value is -2.48. The second-order valence-electron chi connectivity index (χ2n) is 6.99. The lowest BCUT2D eigenvalue weighted by molar-refractivity contribution is -0.133. The highest BCUT2D eigenvalue weighted by atomic mass is 16.3. The molecule has 0 spiro atoms. The number of anilines is 1. The Labute approximate surface area is 153 Å². The van der Waals surface area contributed by atoms with Crippen molar-refractivity contribution < 1.29 is 9.90 Å². The minimum absolute atomic E-state index is 0.00131. The van der Waals surface area contributed by atoms with E-state index in [0.717, 1.165) is 18.7 Å². The molecule has 0 unspecified atom stereocenters. The van der Waals surface area contributed by atoms with Crippen LogP contribution >= 0.6 is 0 Å². The zero-order chi connectivity index (χ0) is 18.6. The molecule has 0 aromatic carbocycles. The maximum absolute atomic E-state index is 12.5. The van der Waals surface area contributed by atoms with E-state index in [1.165, 1.54) is 0 Å². The van der Waals surface area contributed by atoms with Gasteiger partial charge in [-0.25, -0.2) is 9.97 Å². The third kappa shape index (κ3) is 4.37. The molecule has 0 bridgehead atoms. The summed E-state index contributed by atoms with van der Waals surface area (Å²) in [7, 11) is 1.74. The van der Waals surface area contributed by atoms with Crippen molar-refractivity contribution in [3.05, 3.63) is 36.4 Å². The van der Waals surface area contributed by atoms with Crippen LogP contribution in [0.1, 0.15) is 25.0 Å². The Morgan fingerprint density at radius 1 is 1.35 bits per heavy atom. The molecule has 0 saturated carbocycles. The van der Waals surface area contributed by atoms with Crippen molar-refractivity contribution >= 4 is 11.9 Å². The number of hydrogen-bond donors (Lipinski definition) is 1. The molecule has 8 nitrogen and oxygen atoms in total. The quantitative estimate of drug-likeness (QED) is 0.824. The summed E-state index contributed by atoms with van der Waals surface area (Å²) in [4.78, 5) is 24.6. The van der Waals surface area contributed by atoms with Gasteiger partial charge in [-0.2, -0.15) is 5.10 Å². The third-order valence-electron chi connectivity index (χ3n) is 4.81. The SMILES string of the molecule is Cc1ccnn1CCC(=O)N(C)C[C@]1(O)CCCN(c2ncccn2)C1. The van der Waals surface area contributed by atoms with E-state index in [0.29, 0.717) is 38.4 Å². The molecule has 3 rings (SSSR count). The smallest absolute Gasteiger partial charge is 0.225 e. The van der Waals surface area contributed by atoms with E-state index in [-0.39, 0.29) is 5.91 Å². The van der Waals surface area contributed by atoms with Gasteiger partial charge in [0.2, 0.25) is 11.9 Å². The number of aliphatic hydroxyl groups is 1. The first-order valence-corrected chi connectivity index (χ1v) is 8.94. The fourth-order valence-electron chi connectivity index (χ4n) is 3.42. The number of β-amino-alcohol motifs (C(OH)–C–C–N with tert-alkyl or cyclic N) is 1. The zero-order valence-electron chi connectivity index (χ0n) is 15.4. The average molecular weight is 358 g/mol. The van der Waals surface area contributed by atoms with Crippen molar-refractivity contribution in [2.24, 2.45) is 0 Å². The van der Waals surface area contributed by atoms with Crippen LogP contribution in [0, 0.1) is 6.92 Å². The lowest BCUT2D eigenvalue weighted by atomic mass is 9.92. The van der Waals surface area contributed by atoms with E-state index in [9.17, 15) is 9.90 Å². The first kappa shape index (κ1) is 18.3. The van der Waals surface area contributed by atoms with E-state index in [4.69, 9.17) is 0 Å². The molecule has 26 heavy (non-hydrogen) atoms. The minimum Gasteiger partial charge on any atom is -0.386 e. The Morgan fingerprint density at radius 3 is 2.81 bits per heavy atom. The monoisotopic (exact) mass is 358 g/mol. The number of carbonyl (C=O) groups is 1. The largest absolute Gasteiger partial charge is 0.386 e. The molecule has 3 heterocycles. The predicted molar refractivity (Wildman–Crippen MR) is 97.6 cm³/mol. The summed E-state index contributed by atoms with van der Waals surface area (Å²) < 4.78 is 1.82. The maximum atomic E-state index is 12.5. The summed E-state index contributed by atoms with van der Waals surface area (Å²) in [6.45, 7) is 4.04. The van der Waals surface area contributed by atoms with Crippen molar-refractivity contribution in [3.63, 3.8) is 0 Å².